The summed E-state index contributed by atoms with van der Waals surface area (Å²) in [7, 11) is 0. The number of benzene rings is 5. The van der Waals surface area contributed by atoms with Crippen LogP contribution >= 0.6 is 22.7 Å². The quantitative estimate of drug-likeness (QED) is 0.239. The van der Waals surface area contributed by atoms with Crippen molar-refractivity contribution in [1.29, 1.82) is 0 Å². The van der Waals surface area contributed by atoms with Gasteiger partial charge in [-0.05, 0) is 52.6 Å². The first-order chi connectivity index (χ1) is 17.8. The van der Waals surface area contributed by atoms with E-state index in [0.29, 0.717) is 0 Å². The molecular formula is C32H18N2S2. The number of fused-ring (bicyclic) bond motifs is 7. The van der Waals surface area contributed by atoms with Crippen LogP contribution in [0.1, 0.15) is 0 Å². The van der Waals surface area contributed by atoms with E-state index in [1.807, 2.05) is 11.3 Å². The zero-order chi connectivity index (χ0) is 23.6. The van der Waals surface area contributed by atoms with Crippen LogP contribution in [-0.4, -0.2) is 9.97 Å². The number of nitrogens with zero attached hydrogens (tertiary/aromatic N) is 2. The molecule has 0 aliphatic heterocycles. The molecule has 36 heavy (non-hydrogen) atoms. The molecule has 4 heteroatoms. The lowest BCUT2D eigenvalue weighted by molar-refractivity contribution is 1.43. The highest BCUT2D eigenvalue weighted by Gasteiger charge is 2.12. The lowest BCUT2D eigenvalue weighted by Gasteiger charge is -2.08. The SMILES string of the molecule is c1cc(-c2ccc3nc4sc5ccccc5c4nc3c2)cc(-c2cccc3c2sc2ccccc23)c1. The third kappa shape index (κ3) is 3.02. The van der Waals surface area contributed by atoms with E-state index in [-0.39, 0.29) is 0 Å². The monoisotopic (exact) mass is 494 g/mol. The van der Waals surface area contributed by atoms with Crippen LogP contribution < -0.4 is 0 Å². The van der Waals surface area contributed by atoms with Gasteiger partial charge in [-0.3, -0.25) is 0 Å². The third-order valence-corrected chi connectivity index (χ3v) is 9.17. The molecule has 8 rings (SSSR count). The maximum Gasteiger partial charge on any atom is 0.143 e. The number of thiophene rings is 2. The second kappa shape index (κ2) is 7.69. The molecule has 3 heterocycles. The summed E-state index contributed by atoms with van der Waals surface area (Å²) in [4.78, 5) is 11.0. The number of aromatic nitrogens is 2. The summed E-state index contributed by atoms with van der Waals surface area (Å²) in [5, 5.41) is 3.83. The summed E-state index contributed by atoms with van der Waals surface area (Å²) in [6, 6.07) is 39.0. The molecule has 0 aliphatic carbocycles. The first kappa shape index (κ1) is 20.1. The molecule has 0 atom stereocenters. The highest BCUT2D eigenvalue weighted by Crippen LogP contribution is 2.40. The van der Waals surface area contributed by atoms with Crippen LogP contribution in [0.15, 0.2) is 109 Å². The molecule has 0 amide bonds. The molecule has 0 saturated carbocycles. The zero-order valence-corrected chi connectivity index (χ0v) is 20.7. The molecule has 5 aromatic carbocycles. The van der Waals surface area contributed by atoms with E-state index in [1.54, 1.807) is 11.3 Å². The Morgan fingerprint density at radius 2 is 1.19 bits per heavy atom. The smallest absolute Gasteiger partial charge is 0.143 e. The van der Waals surface area contributed by atoms with Crippen LogP contribution in [0.3, 0.4) is 0 Å². The van der Waals surface area contributed by atoms with Crippen molar-refractivity contribution in [3.05, 3.63) is 109 Å². The molecule has 0 N–H and O–H groups in total. The van der Waals surface area contributed by atoms with Crippen LogP contribution in [0.2, 0.25) is 0 Å². The molecule has 168 valence electrons. The molecule has 2 nitrogen and oxygen atoms in total. The first-order valence-electron chi connectivity index (χ1n) is 11.9. The van der Waals surface area contributed by atoms with Gasteiger partial charge in [0.15, 0.2) is 0 Å². The van der Waals surface area contributed by atoms with E-state index in [2.05, 4.69) is 109 Å². The van der Waals surface area contributed by atoms with Crippen molar-refractivity contribution >= 4 is 74.3 Å². The van der Waals surface area contributed by atoms with E-state index >= 15 is 0 Å². The largest absolute Gasteiger partial charge is 0.243 e. The van der Waals surface area contributed by atoms with Crippen LogP contribution in [0.25, 0.3) is 73.9 Å². The first-order valence-corrected chi connectivity index (χ1v) is 13.6. The predicted octanol–water partition coefficient (Wildman–Crippen LogP) is 9.70. The Balaban J connectivity index is 1.28. The summed E-state index contributed by atoms with van der Waals surface area (Å²) in [6.45, 7) is 0. The van der Waals surface area contributed by atoms with Crippen molar-refractivity contribution in [3.63, 3.8) is 0 Å². The van der Waals surface area contributed by atoms with Crippen LogP contribution in [0.5, 0.6) is 0 Å². The van der Waals surface area contributed by atoms with Gasteiger partial charge in [0.2, 0.25) is 0 Å². The second-order valence-electron chi connectivity index (χ2n) is 9.04. The fraction of sp³-hybridized carbons (Fsp3) is 0. The molecule has 0 aliphatic rings. The van der Waals surface area contributed by atoms with Crippen LogP contribution in [0, 0.1) is 0 Å². The second-order valence-corrected chi connectivity index (χ2v) is 11.1. The Labute approximate surface area is 215 Å². The van der Waals surface area contributed by atoms with Gasteiger partial charge in [-0.2, -0.15) is 0 Å². The summed E-state index contributed by atoms with van der Waals surface area (Å²) in [5.74, 6) is 0. The van der Waals surface area contributed by atoms with E-state index in [4.69, 9.17) is 9.97 Å². The van der Waals surface area contributed by atoms with Crippen molar-refractivity contribution in [1.82, 2.24) is 9.97 Å². The van der Waals surface area contributed by atoms with E-state index < -0.39 is 0 Å². The molecule has 0 bridgehead atoms. The fourth-order valence-corrected chi connectivity index (χ4v) is 7.42. The van der Waals surface area contributed by atoms with Crippen molar-refractivity contribution < 1.29 is 0 Å². The van der Waals surface area contributed by atoms with E-state index in [1.165, 1.54) is 46.9 Å². The Kier molecular flexibility index (Phi) is 4.30. The van der Waals surface area contributed by atoms with Gasteiger partial charge in [-0.1, -0.05) is 78.9 Å². The van der Waals surface area contributed by atoms with E-state index in [0.717, 1.165) is 26.9 Å². The van der Waals surface area contributed by atoms with Gasteiger partial charge >= 0.3 is 0 Å². The van der Waals surface area contributed by atoms with Crippen LogP contribution in [0.4, 0.5) is 0 Å². The molecule has 8 aromatic rings. The van der Waals surface area contributed by atoms with Gasteiger partial charge in [0, 0.05) is 30.3 Å². The van der Waals surface area contributed by atoms with Gasteiger partial charge in [0.25, 0.3) is 0 Å². The van der Waals surface area contributed by atoms with Crippen molar-refractivity contribution in [2.75, 3.05) is 0 Å². The Hall–Kier alpha value is -4.12. The van der Waals surface area contributed by atoms with Gasteiger partial charge in [-0.25, -0.2) is 9.97 Å². The van der Waals surface area contributed by atoms with Gasteiger partial charge in [0.1, 0.15) is 10.3 Å². The van der Waals surface area contributed by atoms with E-state index in [9.17, 15) is 0 Å². The lowest BCUT2D eigenvalue weighted by Crippen LogP contribution is -1.87. The third-order valence-electron chi connectivity index (χ3n) is 6.89. The Morgan fingerprint density at radius 1 is 0.472 bits per heavy atom. The number of rotatable bonds is 2. The zero-order valence-electron chi connectivity index (χ0n) is 19.1. The maximum absolute atomic E-state index is 5.05. The minimum atomic E-state index is 0.931. The maximum atomic E-state index is 5.05. The molecular weight excluding hydrogens is 477 g/mol. The average Bonchev–Trinajstić information content (AvgIpc) is 3.49. The predicted molar refractivity (Wildman–Crippen MR) is 156 cm³/mol. The number of hydrogen-bond donors (Lipinski definition) is 0. The molecule has 0 radical (unpaired) electrons. The molecule has 3 aromatic heterocycles. The van der Waals surface area contributed by atoms with Crippen molar-refractivity contribution in [3.8, 4) is 22.3 Å². The fourth-order valence-electron chi connectivity index (χ4n) is 5.16. The Morgan fingerprint density at radius 3 is 2.11 bits per heavy atom. The summed E-state index contributed by atoms with van der Waals surface area (Å²) >= 11 is 3.58. The standard InChI is InChI=1S/C32H18N2S2/c1-3-13-28-23(9-1)24-12-6-11-22(31(24)35-28)21-8-5-7-19(17-21)20-15-16-26-27(18-20)33-30-25-10-2-4-14-29(25)36-32(30)34-26/h1-18H. The number of hydrogen-bond acceptors (Lipinski definition) is 4. The summed E-state index contributed by atoms with van der Waals surface area (Å²) in [5.41, 5.74) is 7.71. The summed E-state index contributed by atoms with van der Waals surface area (Å²) in [6.07, 6.45) is 0. The molecule has 0 saturated heterocycles. The van der Waals surface area contributed by atoms with Gasteiger partial charge in [0.05, 0.1) is 11.0 Å². The van der Waals surface area contributed by atoms with Crippen molar-refractivity contribution in [2.45, 2.75) is 0 Å². The minimum absolute atomic E-state index is 0.931. The normalized spacial score (nSPS) is 11.9. The molecule has 0 fully saturated rings. The average molecular weight is 495 g/mol. The van der Waals surface area contributed by atoms with Crippen LogP contribution in [-0.2, 0) is 0 Å². The van der Waals surface area contributed by atoms with Gasteiger partial charge in [-0.15, -0.1) is 22.7 Å². The lowest BCUT2D eigenvalue weighted by atomic mass is 9.97. The Bertz CT molecular complexity index is 2120. The minimum Gasteiger partial charge on any atom is -0.243 e. The molecule has 0 spiro atoms. The highest BCUT2D eigenvalue weighted by molar-refractivity contribution is 7.26. The van der Waals surface area contributed by atoms with Gasteiger partial charge < -0.3 is 0 Å². The topological polar surface area (TPSA) is 25.8 Å². The highest BCUT2D eigenvalue weighted by atomic mass is 32.1. The molecule has 0 unspecified atom stereocenters. The van der Waals surface area contributed by atoms with Crippen molar-refractivity contribution in [2.24, 2.45) is 0 Å². The summed E-state index contributed by atoms with van der Waals surface area (Å²) < 4.78 is 3.90.